The number of nitrogens with one attached hydrogen (secondary N) is 1. The van der Waals surface area contributed by atoms with Crippen molar-refractivity contribution in [2.75, 3.05) is 6.54 Å². The first kappa shape index (κ1) is 16.8. The van der Waals surface area contributed by atoms with Crippen molar-refractivity contribution in [3.8, 4) is 0 Å². The van der Waals surface area contributed by atoms with Gasteiger partial charge in [-0.15, -0.1) is 0 Å². The Balaban J connectivity index is 2.05. The van der Waals surface area contributed by atoms with E-state index in [1.54, 1.807) is 0 Å². The number of hydrogen-bond donors (Lipinski definition) is 2. The van der Waals surface area contributed by atoms with Crippen LogP contribution in [0.25, 0.3) is 0 Å². The van der Waals surface area contributed by atoms with Crippen LogP contribution in [0.15, 0.2) is 24.3 Å². The highest BCUT2D eigenvalue weighted by Crippen LogP contribution is 2.36. The summed E-state index contributed by atoms with van der Waals surface area (Å²) in [5.74, 6) is 0.114. The lowest BCUT2D eigenvalue weighted by molar-refractivity contribution is 0.00578. The molecule has 1 heterocycles. The van der Waals surface area contributed by atoms with Crippen LogP contribution in [-0.2, 0) is 9.31 Å². The lowest BCUT2D eigenvalue weighted by Gasteiger charge is -2.32. The quantitative estimate of drug-likeness (QED) is 0.838. The van der Waals surface area contributed by atoms with Crippen LogP contribution in [0.5, 0.6) is 0 Å². The molecule has 1 aromatic rings. The normalized spacial score (nSPS) is 20.7. The van der Waals surface area contributed by atoms with Gasteiger partial charge in [0, 0.05) is 6.54 Å². The molecule has 1 fully saturated rings. The molecule has 2 N–H and O–H groups in total. The van der Waals surface area contributed by atoms with Gasteiger partial charge in [-0.05, 0) is 44.6 Å². The first-order valence-electron chi connectivity index (χ1n) is 7.55. The zero-order chi connectivity index (χ0) is 16.5. The monoisotopic (exact) mass is 305 g/mol. The van der Waals surface area contributed by atoms with E-state index in [9.17, 15) is 4.79 Å². The highest BCUT2D eigenvalue weighted by molar-refractivity contribution is 6.62. The van der Waals surface area contributed by atoms with E-state index in [1.165, 1.54) is 0 Å². The summed E-state index contributed by atoms with van der Waals surface area (Å²) in [4.78, 5) is 10.5. The molecular weight excluding hydrogens is 281 g/mol. The lowest BCUT2D eigenvalue weighted by atomic mass is 9.78. The van der Waals surface area contributed by atoms with E-state index in [1.807, 2.05) is 58.9 Å². The van der Waals surface area contributed by atoms with Gasteiger partial charge in [-0.2, -0.15) is 0 Å². The van der Waals surface area contributed by atoms with Crippen LogP contribution in [0.1, 0.15) is 46.1 Å². The molecular formula is C16H24BNO4. The second-order valence-electron chi connectivity index (χ2n) is 6.84. The van der Waals surface area contributed by atoms with Crippen molar-refractivity contribution in [2.24, 2.45) is 0 Å². The fourth-order valence-corrected chi connectivity index (χ4v) is 2.32. The van der Waals surface area contributed by atoms with Crippen LogP contribution in [0.3, 0.4) is 0 Å². The third-order valence-corrected chi connectivity index (χ3v) is 4.59. The highest BCUT2D eigenvalue weighted by atomic mass is 16.7. The van der Waals surface area contributed by atoms with E-state index in [0.29, 0.717) is 6.54 Å². The summed E-state index contributed by atoms with van der Waals surface area (Å²) in [6.07, 6.45) is -0.999. The first-order valence-corrected chi connectivity index (χ1v) is 7.55. The number of amides is 1. The summed E-state index contributed by atoms with van der Waals surface area (Å²) in [6, 6.07) is 7.95. The van der Waals surface area contributed by atoms with Gasteiger partial charge in [0.15, 0.2) is 0 Å². The molecule has 1 atom stereocenters. The Bertz CT molecular complexity index is 526. The Morgan fingerprint density at radius 2 is 1.68 bits per heavy atom. The number of rotatable bonds is 4. The average molecular weight is 305 g/mol. The maximum Gasteiger partial charge on any atom is 0.494 e. The minimum atomic E-state index is -0.999. The maximum absolute atomic E-state index is 10.5. The predicted octanol–water partition coefficient (Wildman–Crippen LogP) is 2.36. The van der Waals surface area contributed by atoms with Crippen molar-refractivity contribution < 1.29 is 19.2 Å². The van der Waals surface area contributed by atoms with Crippen LogP contribution < -0.4 is 10.8 Å². The van der Waals surface area contributed by atoms with E-state index in [-0.39, 0.29) is 24.2 Å². The zero-order valence-electron chi connectivity index (χ0n) is 13.8. The number of hydrogen-bond acceptors (Lipinski definition) is 3. The van der Waals surface area contributed by atoms with Crippen molar-refractivity contribution in [3.63, 3.8) is 0 Å². The topological polar surface area (TPSA) is 67.8 Å². The Hall–Kier alpha value is -1.53. The maximum atomic E-state index is 10.5. The molecule has 0 radical (unpaired) electrons. The largest absolute Gasteiger partial charge is 0.494 e. The Morgan fingerprint density at radius 3 is 2.14 bits per heavy atom. The molecule has 22 heavy (non-hydrogen) atoms. The van der Waals surface area contributed by atoms with Gasteiger partial charge in [0.2, 0.25) is 0 Å². The van der Waals surface area contributed by atoms with Crippen LogP contribution in [-0.4, -0.2) is 36.1 Å². The lowest BCUT2D eigenvalue weighted by Crippen LogP contribution is -2.41. The average Bonchev–Trinajstić information content (AvgIpc) is 2.65. The van der Waals surface area contributed by atoms with Crippen LogP contribution in [0, 0.1) is 0 Å². The Kier molecular flexibility index (Phi) is 4.54. The number of benzene rings is 1. The van der Waals surface area contributed by atoms with Crippen LogP contribution in [0.4, 0.5) is 4.79 Å². The molecule has 6 heteroatoms. The molecule has 120 valence electrons. The Labute approximate surface area is 132 Å². The summed E-state index contributed by atoms with van der Waals surface area (Å²) in [5, 5.41) is 11.1. The zero-order valence-corrected chi connectivity index (χ0v) is 13.8. The standard InChI is InChI=1S/C16H24BNO4/c1-11(10-18-14(19)20)12-6-8-13(9-7-12)17-21-15(2,3)16(4,5)22-17/h6-9,11,18H,10H2,1-5H3,(H,19,20). The molecule has 5 nitrogen and oxygen atoms in total. The SMILES string of the molecule is CC(CNC(=O)O)c1ccc(B2OC(C)(C)C(C)(C)O2)cc1. The smallest absolute Gasteiger partial charge is 0.465 e. The van der Waals surface area contributed by atoms with E-state index >= 15 is 0 Å². The van der Waals surface area contributed by atoms with Gasteiger partial charge in [-0.1, -0.05) is 31.2 Å². The fraction of sp³-hybridized carbons (Fsp3) is 0.562. The van der Waals surface area contributed by atoms with Gasteiger partial charge in [0.1, 0.15) is 0 Å². The van der Waals surface area contributed by atoms with Gasteiger partial charge < -0.3 is 19.7 Å². The summed E-state index contributed by atoms with van der Waals surface area (Å²) in [6.45, 7) is 10.5. The summed E-state index contributed by atoms with van der Waals surface area (Å²) < 4.78 is 12.0. The third-order valence-electron chi connectivity index (χ3n) is 4.59. The summed E-state index contributed by atoms with van der Waals surface area (Å²) >= 11 is 0. The van der Waals surface area contributed by atoms with Gasteiger partial charge >= 0.3 is 13.2 Å². The minimum absolute atomic E-state index is 0.114. The van der Waals surface area contributed by atoms with Gasteiger partial charge in [0.05, 0.1) is 11.2 Å². The van der Waals surface area contributed by atoms with Crippen molar-refractivity contribution in [2.45, 2.75) is 51.7 Å². The molecule has 1 amide bonds. The van der Waals surface area contributed by atoms with Gasteiger partial charge in [0.25, 0.3) is 0 Å². The van der Waals surface area contributed by atoms with E-state index in [2.05, 4.69) is 5.32 Å². The molecule has 0 aliphatic carbocycles. The molecule has 0 aromatic heterocycles. The van der Waals surface area contributed by atoms with Crippen molar-refractivity contribution in [1.82, 2.24) is 5.32 Å². The molecule has 1 aliphatic heterocycles. The van der Waals surface area contributed by atoms with Gasteiger partial charge in [-0.25, -0.2) is 4.79 Å². The molecule has 0 bridgehead atoms. The molecule has 1 unspecified atom stereocenters. The fourth-order valence-electron chi connectivity index (χ4n) is 2.32. The molecule has 2 rings (SSSR count). The van der Waals surface area contributed by atoms with Crippen LogP contribution >= 0.6 is 0 Å². The number of carbonyl (C=O) groups is 1. The van der Waals surface area contributed by atoms with E-state index in [0.717, 1.165) is 11.0 Å². The van der Waals surface area contributed by atoms with Crippen LogP contribution in [0.2, 0.25) is 0 Å². The third kappa shape index (κ3) is 3.44. The Morgan fingerprint density at radius 1 is 1.18 bits per heavy atom. The number of carboxylic acid groups (broad SMARTS) is 1. The predicted molar refractivity (Wildman–Crippen MR) is 86.6 cm³/mol. The van der Waals surface area contributed by atoms with Crippen molar-refractivity contribution >= 4 is 18.7 Å². The first-order chi connectivity index (χ1) is 10.1. The highest BCUT2D eigenvalue weighted by Gasteiger charge is 2.51. The summed E-state index contributed by atoms with van der Waals surface area (Å²) in [7, 11) is -0.369. The van der Waals surface area contributed by atoms with Gasteiger partial charge in [-0.3, -0.25) is 0 Å². The second-order valence-corrected chi connectivity index (χ2v) is 6.84. The molecule has 1 aromatic carbocycles. The molecule has 1 saturated heterocycles. The molecule has 0 spiro atoms. The second kappa shape index (κ2) is 5.93. The van der Waals surface area contributed by atoms with Crippen molar-refractivity contribution in [3.05, 3.63) is 29.8 Å². The van der Waals surface area contributed by atoms with E-state index in [4.69, 9.17) is 14.4 Å². The molecule has 1 aliphatic rings. The van der Waals surface area contributed by atoms with Crippen molar-refractivity contribution in [1.29, 1.82) is 0 Å². The minimum Gasteiger partial charge on any atom is -0.465 e. The molecule has 0 saturated carbocycles. The van der Waals surface area contributed by atoms with E-state index < -0.39 is 6.09 Å². The summed E-state index contributed by atoms with van der Waals surface area (Å²) in [5.41, 5.74) is 1.35.